The molecule has 0 aliphatic carbocycles. The predicted molar refractivity (Wildman–Crippen MR) is 89.3 cm³/mol. The molecule has 0 bridgehead atoms. The number of phenols is 1. The second-order valence-electron chi connectivity index (χ2n) is 5.66. The number of aliphatic hydroxyl groups excluding tert-OH is 1. The Labute approximate surface area is 141 Å². The molecular formula is C17H20O6S. The van der Waals surface area contributed by atoms with Crippen LogP contribution in [-0.2, 0) is 23.1 Å². The first-order valence-corrected chi connectivity index (χ1v) is 8.90. The summed E-state index contributed by atoms with van der Waals surface area (Å²) in [6.45, 7) is 1.79. The molecule has 0 fully saturated rings. The second-order valence-corrected chi connectivity index (χ2v) is 7.18. The highest BCUT2D eigenvalue weighted by Crippen LogP contribution is 2.29. The number of aromatic hydroxyl groups is 1. The van der Waals surface area contributed by atoms with Gasteiger partial charge in [0, 0.05) is 5.92 Å². The number of phenolic OH excluding ortho intramolecular Hbond substituents is 1. The molecule has 7 heteroatoms. The molecule has 0 heterocycles. The lowest BCUT2D eigenvalue weighted by atomic mass is 10.0. The first kappa shape index (κ1) is 18.3. The zero-order chi connectivity index (χ0) is 17.7. The van der Waals surface area contributed by atoms with Gasteiger partial charge in [-0.3, -0.25) is 4.55 Å². The van der Waals surface area contributed by atoms with Crippen molar-refractivity contribution in [3.63, 3.8) is 0 Å². The molecule has 0 unspecified atom stereocenters. The van der Waals surface area contributed by atoms with E-state index in [4.69, 9.17) is 9.29 Å². The molecule has 2 atom stereocenters. The molecule has 0 spiro atoms. The number of benzene rings is 2. The van der Waals surface area contributed by atoms with Crippen molar-refractivity contribution in [3.05, 3.63) is 59.7 Å². The Morgan fingerprint density at radius 2 is 1.75 bits per heavy atom. The summed E-state index contributed by atoms with van der Waals surface area (Å²) in [5.74, 6) is -0.478. The molecule has 0 saturated carbocycles. The van der Waals surface area contributed by atoms with Gasteiger partial charge in [-0.15, -0.1) is 0 Å². The van der Waals surface area contributed by atoms with Crippen LogP contribution in [0.2, 0.25) is 0 Å². The molecule has 0 aliphatic heterocycles. The zero-order valence-electron chi connectivity index (χ0n) is 13.2. The minimum Gasteiger partial charge on any atom is -0.504 e. The molecule has 0 aliphatic rings. The normalized spacial score (nSPS) is 14.1. The number of hydrogen-bond acceptors (Lipinski definition) is 5. The molecule has 130 valence electrons. The van der Waals surface area contributed by atoms with Crippen LogP contribution in [0.5, 0.6) is 11.5 Å². The summed E-state index contributed by atoms with van der Waals surface area (Å²) < 4.78 is 36.5. The van der Waals surface area contributed by atoms with E-state index in [0.29, 0.717) is 5.56 Å². The SMILES string of the molecule is C[C@@H](Cc1ccc(O)c(OCc2ccccc2)c1)[C@@H](O)S(=O)(=O)O. The molecule has 24 heavy (non-hydrogen) atoms. The van der Waals surface area contributed by atoms with Crippen LogP contribution < -0.4 is 4.74 Å². The Bertz CT molecular complexity index is 773. The standard InChI is InChI=1S/C17H20O6S/c1-12(17(19)24(20,21)22)9-14-7-8-15(18)16(10-14)23-11-13-5-3-2-4-6-13/h2-8,10,12,17-19H,9,11H2,1H3,(H,20,21,22)/t12-,17-/m0/s1. The molecule has 2 rings (SSSR count). The van der Waals surface area contributed by atoms with Crippen LogP contribution in [0.1, 0.15) is 18.1 Å². The van der Waals surface area contributed by atoms with Gasteiger partial charge in [0.1, 0.15) is 6.61 Å². The third kappa shape index (κ3) is 4.95. The summed E-state index contributed by atoms with van der Waals surface area (Å²) in [4.78, 5) is 0. The van der Waals surface area contributed by atoms with Gasteiger partial charge in [0.2, 0.25) is 0 Å². The van der Waals surface area contributed by atoms with E-state index in [1.54, 1.807) is 12.1 Å². The largest absolute Gasteiger partial charge is 0.504 e. The van der Waals surface area contributed by atoms with Crippen LogP contribution in [0.4, 0.5) is 0 Å². The lowest BCUT2D eigenvalue weighted by molar-refractivity contribution is 0.177. The van der Waals surface area contributed by atoms with Gasteiger partial charge in [0.25, 0.3) is 10.1 Å². The monoisotopic (exact) mass is 352 g/mol. The van der Waals surface area contributed by atoms with Gasteiger partial charge in [0.15, 0.2) is 16.9 Å². The summed E-state index contributed by atoms with van der Waals surface area (Å²) >= 11 is 0. The summed E-state index contributed by atoms with van der Waals surface area (Å²) in [5.41, 5.74) is -0.247. The summed E-state index contributed by atoms with van der Waals surface area (Å²) in [5, 5.41) is 19.4. The summed E-state index contributed by atoms with van der Waals surface area (Å²) in [7, 11) is -4.51. The van der Waals surface area contributed by atoms with Gasteiger partial charge < -0.3 is 14.9 Å². The van der Waals surface area contributed by atoms with Crippen molar-refractivity contribution in [1.29, 1.82) is 0 Å². The highest BCUT2D eigenvalue weighted by atomic mass is 32.2. The van der Waals surface area contributed by atoms with Crippen LogP contribution >= 0.6 is 0 Å². The van der Waals surface area contributed by atoms with Crippen LogP contribution in [0.3, 0.4) is 0 Å². The van der Waals surface area contributed by atoms with Crippen molar-refractivity contribution in [2.45, 2.75) is 25.4 Å². The van der Waals surface area contributed by atoms with E-state index in [-0.39, 0.29) is 24.5 Å². The van der Waals surface area contributed by atoms with Crippen LogP contribution in [-0.4, -0.2) is 28.6 Å². The van der Waals surface area contributed by atoms with Crippen molar-refractivity contribution in [2.75, 3.05) is 0 Å². The maximum absolute atomic E-state index is 11.0. The molecule has 6 nitrogen and oxygen atoms in total. The van der Waals surface area contributed by atoms with Crippen LogP contribution in [0.25, 0.3) is 0 Å². The second kappa shape index (κ2) is 7.65. The molecule has 0 aromatic heterocycles. The third-order valence-electron chi connectivity index (χ3n) is 3.61. The Balaban J connectivity index is 2.08. The topological polar surface area (TPSA) is 104 Å². The number of ether oxygens (including phenoxy) is 1. The third-order valence-corrected chi connectivity index (χ3v) is 4.69. The van der Waals surface area contributed by atoms with Crippen molar-refractivity contribution < 1.29 is 27.9 Å². The Morgan fingerprint density at radius 3 is 2.38 bits per heavy atom. The average molecular weight is 352 g/mol. The molecule has 0 radical (unpaired) electrons. The molecule has 0 amide bonds. The first-order valence-electron chi connectivity index (χ1n) is 7.40. The fraction of sp³-hybridized carbons (Fsp3) is 0.294. The van der Waals surface area contributed by atoms with Gasteiger partial charge >= 0.3 is 0 Å². The molecular weight excluding hydrogens is 332 g/mol. The molecule has 0 saturated heterocycles. The van der Waals surface area contributed by atoms with E-state index in [1.807, 2.05) is 30.3 Å². The van der Waals surface area contributed by atoms with E-state index in [1.165, 1.54) is 13.0 Å². The maximum atomic E-state index is 11.0. The average Bonchev–Trinajstić information content (AvgIpc) is 2.54. The maximum Gasteiger partial charge on any atom is 0.292 e. The smallest absolute Gasteiger partial charge is 0.292 e. The van der Waals surface area contributed by atoms with Crippen molar-refractivity contribution in [2.24, 2.45) is 5.92 Å². The van der Waals surface area contributed by atoms with Gasteiger partial charge in [0.05, 0.1) is 0 Å². The van der Waals surface area contributed by atoms with Crippen molar-refractivity contribution >= 4 is 10.1 Å². The van der Waals surface area contributed by atoms with Crippen LogP contribution in [0, 0.1) is 5.92 Å². The van der Waals surface area contributed by atoms with E-state index in [2.05, 4.69) is 0 Å². The minimum atomic E-state index is -4.51. The van der Waals surface area contributed by atoms with Crippen LogP contribution in [0.15, 0.2) is 48.5 Å². The molecule has 2 aromatic carbocycles. The molecule has 2 aromatic rings. The minimum absolute atomic E-state index is 0.0299. The first-order chi connectivity index (χ1) is 11.3. The highest BCUT2D eigenvalue weighted by molar-refractivity contribution is 7.86. The quantitative estimate of drug-likeness (QED) is 0.661. The zero-order valence-corrected chi connectivity index (χ0v) is 14.0. The fourth-order valence-corrected chi connectivity index (χ4v) is 2.99. The predicted octanol–water partition coefficient (Wildman–Crippen LogP) is 2.36. The Kier molecular flexibility index (Phi) is 5.82. The Morgan fingerprint density at radius 1 is 1.08 bits per heavy atom. The van der Waals surface area contributed by atoms with E-state index >= 15 is 0 Å². The van der Waals surface area contributed by atoms with E-state index in [9.17, 15) is 18.6 Å². The fourth-order valence-electron chi connectivity index (χ4n) is 2.30. The number of hydrogen-bond donors (Lipinski definition) is 3. The van der Waals surface area contributed by atoms with Gasteiger partial charge in [-0.1, -0.05) is 43.3 Å². The van der Waals surface area contributed by atoms with E-state index < -0.39 is 21.5 Å². The lowest BCUT2D eigenvalue weighted by Gasteiger charge is -2.17. The van der Waals surface area contributed by atoms with E-state index in [0.717, 1.165) is 5.56 Å². The lowest BCUT2D eigenvalue weighted by Crippen LogP contribution is -2.28. The van der Waals surface area contributed by atoms with Gasteiger partial charge in [-0.05, 0) is 29.7 Å². The van der Waals surface area contributed by atoms with Crippen molar-refractivity contribution in [1.82, 2.24) is 0 Å². The summed E-state index contributed by atoms with van der Waals surface area (Å²) in [6.07, 6.45) is 0.197. The molecule has 3 N–H and O–H groups in total. The highest BCUT2D eigenvalue weighted by Gasteiger charge is 2.26. The van der Waals surface area contributed by atoms with Gasteiger partial charge in [-0.2, -0.15) is 8.42 Å². The number of aliphatic hydroxyl groups is 1. The number of rotatable bonds is 7. The van der Waals surface area contributed by atoms with Crippen molar-refractivity contribution in [3.8, 4) is 11.5 Å². The Hall–Kier alpha value is -2.09. The van der Waals surface area contributed by atoms with Gasteiger partial charge in [-0.25, -0.2) is 0 Å². The summed E-state index contributed by atoms with van der Waals surface area (Å²) in [6, 6.07) is 14.1.